The Balaban J connectivity index is 1.59. The molecule has 0 aliphatic carbocycles. The van der Waals surface area contributed by atoms with Crippen LogP contribution >= 0.6 is 0 Å². The number of imidazole rings is 2. The molecule has 4 heterocycles. The fourth-order valence-electron chi connectivity index (χ4n) is 3.06. The normalized spacial score (nSPS) is 11.5. The van der Waals surface area contributed by atoms with Gasteiger partial charge in [0.05, 0.1) is 23.9 Å². The quantitative estimate of drug-likeness (QED) is 0.507. The number of hydrogen-bond acceptors (Lipinski definition) is 6. The summed E-state index contributed by atoms with van der Waals surface area (Å²) in [5.74, 6) is 1.63. The minimum atomic E-state index is -0.325. The molecule has 5 aromatic rings. The minimum Gasteiger partial charge on any atom is -0.361 e. The number of H-pyrrole nitrogens is 1. The van der Waals surface area contributed by atoms with Crippen molar-refractivity contribution in [3.63, 3.8) is 0 Å². The van der Waals surface area contributed by atoms with Crippen LogP contribution in [0.1, 0.15) is 5.82 Å². The molecule has 4 aromatic heterocycles. The predicted molar refractivity (Wildman–Crippen MR) is 96.8 cm³/mol. The standard InChI is InChI=1S/C17H14FN9/c1-26-5-4-13(25-26)27-12-6-10(18)2-3-11(12)24-14(27)7-19-16-15-17(21-8-20-15)23-9-22-16/h2-6,8-9H,7H2,1H3,(H2,19,20,21,22,23). The van der Waals surface area contributed by atoms with Crippen LogP contribution in [-0.2, 0) is 13.6 Å². The van der Waals surface area contributed by atoms with E-state index in [1.165, 1.54) is 18.5 Å². The lowest BCUT2D eigenvalue weighted by Gasteiger charge is -2.08. The van der Waals surface area contributed by atoms with Gasteiger partial charge in [0.1, 0.15) is 23.5 Å². The number of aromatic amines is 1. The number of halogens is 1. The topological polar surface area (TPSA) is 102 Å². The number of aromatic nitrogens is 8. The first-order chi connectivity index (χ1) is 13.2. The molecule has 1 aromatic carbocycles. The van der Waals surface area contributed by atoms with Crippen molar-refractivity contribution in [2.24, 2.45) is 7.05 Å². The number of nitrogens with zero attached hydrogens (tertiary/aromatic N) is 7. The third-order valence-corrected chi connectivity index (χ3v) is 4.25. The minimum absolute atomic E-state index is 0.325. The first-order valence-electron chi connectivity index (χ1n) is 8.24. The summed E-state index contributed by atoms with van der Waals surface area (Å²) in [6.07, 6.45) is 4.84. The summed E-state index contributed by atoms with van der Waals surface area (Å²) >= 11 is 0. The van der Waals surface area contributed by atoms with Gasteiger partial charge in [0.15, 0.2) is 17.3 Å². The van der Waals surface area contributed by atoms with E-state index in [0.717, 1.165) is 0 Å². The third kappa shape index (κ3) is 2.58. The van der Waals surface area contributed by atoms with Crippen LogP contribution in [0.2, 0.25) is 0 Å². The highest BCUT2D eigenvalue weighted by molar-refractivity contribution is 5.82. The van der Waals surface area contributed by atoms with Crippen molar-refractivity contribution >= 4 is 28.0 Å². The van der Waals surface area contributed by atoms with Gasteiger partial charge < -0.3 is 10.3 Å². The molecule has 134 valence electrons. The first-order valence-corrected chi connectivity index (χ1v) is 8.24. The highest BCUT2D eigenvalue weighted by Gasteiger charge is 2.16. The zero-order valence-corrected chi connectivity index (χ0v) is 14.3. The van der Waals surface area contributed by atoms with Gasteiger partial charge in [-0.1, -0.05) is 0 Å². The van der Waals surface area contributed by atoms with Crippen LogP contribution in [-0.4, -0.2) is 39.3 Å². The lowest BCUT2D eigenvalue weighted by Crippen LogP contribution is -2.09. The Hall–Kier alpha value is -3.82. The van der Waals surface area contributed by atoms with E-state index in [-0.39, 0.29) is 5.82 Å². The van der Waals surface area contributed by atoms with Crippen LogP contribution in [0.25, 0.3) is 28.0 Å². The molecule has 0 radical (unpaired) electrons. The van der Waals surface area contributed by atoms with Gasteiger partial charge in [-0.05, 0) is 12.1 Å². The van der Waals surface area contributed by atoms with E-state index in [9.17, 15) is 4.39 Å². The smallest absolute Gasteiger partial charge is 0.182 e. The molecule has 9 nitrogen and oxygen atoms in total. The zero-order chi connectivity index (χ0) is 18.4. The van der Waals surface area contributed by atoms with E-state index in [2.05, 4.69) is 35.3 Å². The molecule has 0 saturated carbocycles. The average Bonchev–Trinajstić information content (AvgIpc) is 3.37. The van der Waals surface area contributed by atoms with Crippen molar-refractivity contribution < 1.29 is 4.39 Å². The van der Waals surface area contributed by atoms with Crippen LogP contribution in [0.5, 0.6) is 0 Å². The Bertz CT molecular complexity index is 1270. The molecule has 27 heavy (non-hydrogen) atoms. The summed E-state index contributed by atoms with van der Waals surface area (Å²) in [5, 5.41) is 7.69. The number of nitrogens with one attached hydrogen (secondary N) is 2. The van der Waals surface area contributed by atoms with Crippen LogP contribution in [0.15, 0.2) is 43.1 Å². The van der Waals surface area contributed by atoms with E-state index in [0.29, 0.717) is 46.2 Å². The number of fused-ring (bicyclic) bond motifs is 2. The monoisotopic (exact) mass is 363 g/mol. The first kappa shape index (κ1) is 15.4. The molecular formula is C17H14FN9. The second-order valence-electron chi connectivity index (χ2n) is 6.02. The summed E-state index contributed by atoms with van der Waals surface area (Å²) in [7, 11) is 1.83. The lowest BCUT2D eigenvalue weighted by atomic mass is 10.3. The Morgan fingerprint density at radius 1 is 1.19 bits per heavy atom. The van der Waals surface area contributed by atoms with E-state index < -0.39 is 0 Å². The summed E-state index contributed by atoms with van der Waals surface area (Å²) in [4.78, 5) is 20.1. The molecule has 0 saturated heterocycles. The second-order valence-corrected chi connectivity index (χ2v) is 6.02. The maximum Gasteiger partial charge on any atom is 0.182 e. The SMILES string of the molecule is Cn1ccc(-n2c(CNc3ncnc4nc[nH]c34)nc3ccc(F)cc32)n1. The number of hydrogen-bond donors (Lipinski definition) is 2. The van der Waals surface area contributed by atoms with E-state index in [4.69, 9.17) is 0 Å². The number of aryl methyl sites for hydroxylation is 1. The summed E-state index contributed by atoms with van der Waals surface area (Å²) in [5.41, 5.74) is 2.63. The number of anilines is 1. The summed E-state index contributed by atoms with van der Waals surface area (Å²) in [6.45, 7) is 0.359. The molecule has 5 rings (SSSR count). The van der Waals surface area contributed by atoms with Crippen molar-refractivity contribution in [2.75, 3.05) is 5.32 Å². The van der Waals surface area contributed by atoms with Crippen LogP contribution < -0.4 is 5.32 Å². The Morgan fingerprint density at radius 2 is 2.11 bits per heavy atom. The third-order valence-electron chi connectivity index (χ3n) is 4.25. The van der Waals surface area contributed by atoms with E-state index in [1.807, 2.05) is 23.9 Å². The molecule has 0 unspecified atom stereocenters. The largest absolute Gasteiger partial charge is 0.361 e. The molecular weight excluding hydrogens is 349 g/mol. The molecule has 0 amide bonds. The second kappa shape index (κ2) is 5.87. The molecule has 0 atom stereocenters. The van der Waals surface area contributed by atoms with Gasteiger partial charge in [-0.2, -0.15) is 5.10 Å². The van der Waals surface area contributed by atoms with E-state index >= 15 is 0 Å². The average molecular weight is 363 g/mol. The van der Waals surface area contributed by atoms with Crippen molar-refractivity contribution in [3.05, 3.63) is 54.8 Å². The zero-order valence-electron chi connectivity index (χ0n) is 14.3. The lowest BCUT2D eigenvalue weighted by molar-refractivity contribution is 0.629. The fourth-order valence-corrected chi connectivity index (χ4v) is 3.06. The molecule has 0 aliphatic heterocycles. The summed E-state index contributed by atoms with van der Waals surface area (Å²) in [6, 6.07) is 6.37. The van der Waals surface area contributed by atoms with Crippen molar-refractivity contribution in [1.29, 1.82) is 0 Å². The maximum absolute atomic E-state index is 13.8. The highest BCUT2D eigenvalue weighted by atomic mass is 19.1. The fraction of sp³-hybridized carbons (Fsp3) is 0.118. The van der Waals surface area contributed by atoms with Crippen LogP contribution in [0, 0.1) is 5.82 Å². The summed E-state index contributed by atoms with van der Waals surface area (Å²) < 4.78 is 17.3. The van der Waals surface area contributed by atoms with Crippen molar-refractivity contribution in [3.8, 4) is 5.82 Å². The number of rotatable bonds is 4. The molecule has 2 N–H and O–H groups in total. The Labute approximate surface area is 151 Å². The van der Waals surface area contributed by atoms with Gasteiger partial charge in [-0.15, -0.1) is 0 Å². The molecule has 0 bridgehead atoms. The van der Waals surface area contributed by atoms with Crippen molar-refractivity contribution in [2.45, 2.75) is 6.54 Å². The molecule has 10 heteroatoms. The van der Waals surface area contributed by atoms with Gasteiger partial charge in [-0.25, -0.2) is 24.3 Å². The predicted octanol–water partition coefficient (Wildman–Crippen LogP) is 2.18. The highest BCUT2D eigenvalue weighted by Crippen LogP contribution is 2.23. The van der Waals surface area contributed by atoms with Gasteiger partial charge in [0.2, 0.25) is 0 Å². The van der Waals surface area contributed by atoms with Crippen molar-refractivity contribution in [1.82, 2.24) is 39.3 Å². The van der Waals surface area contributed by atoms with Gasteiger partial charge in [0.25, 0.3) is 0 Å². The Morgan fingerprint density at radius 3 is 2.96 bits per heavy atom. The van der Waals surface area contributed by atoms with Crippen LogP contribution in [0.3, 0.4) is 0 Å². The van der Waals surface area contributed by atoms with E-state index in [1.54, 1.807) is 17.1 Å². The maximum atomic E-state index is 13.8. The number of benzene rings is 1. The molecule has 0 aliphatic rings. The molecule has 0 spiro atoms. The van der Waals surface area contributed by atoms with Crippen LogP contribution in [0.4, 0.5) is 10.2 Å². The van der Waals surface area contributed by atoms with Gasteiger partial charge in [-0.3, -0.25) is 9.25 Å². The van der Waals surface area contributed by atoms with Gasteiger partial charge in [0, 0.05) is 25.4 Å². The van der Waals surface area contributed by atoms with Gasteiger partial charge >= 0.3 is 0 Å². The molecule has 0 fully saturated rings. The Kier molecular flexibility index (Phi) is 3.35.